The van der Waals surface area contributed by atoms with Gasteiger partial charge in [0.2, 0.25) is 0 Å². The van der Waals surface area contributed by atoms with E-state index < -0.39 is 5.97 Å². The monoisotopic (exact) mass is 218 g/mol. The molecule has 0 amide bonds. The third-order valence-electron chi connectivity index (χ3n) is 2.77. The number of nitrogens with zero attached hydrogens (tertiary/aromatic N) is 2. The zero-order chi connectivity index (χ0) is 11.5. The molecule has 0 atom stereocenters. The molecule has 0 aliphatic carbocycles. The van der Waals surface area contributed by atoms with Crippen LogP contribution in [0.3, 0.4) is 0 Å². The van der Waals surface area contributed by atoms with E-state index >= 15 is 0 Å². The van der Waals surface area contributed by atoms with Gasteiger partial charge in [0, 0.05) is 13.1 Å². The lowest BCUT2D eigenvalue weighted by molar-refractivity contribution is 0.0690. The van der Waals surface area contributed by atoms with Crippen LogP contribution in [-0.2, 0) is 0 Å². The summed E-state index contributed by atoms with van der Waals surface area (Å²) in [4.78, 5) is 16.7. The van der Waals surface area contributed by atoms with Crippen LogP contribution < -0.4 is 4.90 Å². The molecule has 4 nitrogen and oxygen atoms in total. The Kier molecular flexibility index (Phi) is 2.90. The van der Waals surface area contributed by atoms with Crippen molar-refractivity contribution in [1.82, 2.24) is 4.98 Å². The van der Waals surface area contributed by atoms with Gasteiger partial charge in [-0.15, -0.1) is 0 Å². The normalized spacial score (nSPS) is 15.8. The number of carboxylic acids is 1. The molecule has 0 bridgehead atoms. The molecular formula is C12H14N2O2. The summed E-state index contributed by atoms with van der Waals surface area (Å²) in [6.45, 7) is 3.97. The Morgan fingerprint density at radius 1 is 1.50 bits per heavy atom. The molecule has 1 aliphatic heterocycles. The molecule has 1 N–H and O–H groups in total. The minimum atomic E-state index is -0.985. The summed E-state index contributed by atoms with van der Waals surface area (Å²) in [5, 5.41) is 8.74. The number of aromatic nitrogens is 1. The number of anilines is 1. The van der Waals surface area contributed by atoms with Gasteiger partial charge in [0.15, 0.2) is 0 Å². The smallest absolute Gasteiger partial charge is 0.354 e. The standard InChI is InChI=1S/C12H14N2O2/c1-9-4-6-14(7-5-9)10-2-3-11(12(15)16)13-8-10/h2-4,8H,5-7H2,1H3,(H,15,16). The van der Waals surface area contributed by atoms with Gasteiger partial charge in [-0.3, -0.25) is 0 Å². The minimum Gasteiger partial charge on any atom is -0.477 e. The Labute approximate surface area is 94.2 Å². The fraction of sp³-hybridized carbons (Fsp3) is 0.333. The summed E-state index contributed by atoms with van der Waals surface area (Å²) in [5.74, 6) is -0.985. The van der Waals surface area contributed by atoms with Crippen LogP contribution >= 0.6 is 0 Å². The van der Waals surface area contributed by atoms with Gasteiger partial charge in [-0.2, -0.15) is 0 Å². The third kappa shape index (κ3) is 2.21. The van der Waals surface area contributed by atoms with Crippen molar-refractivity contribution in [3.63, 3.8) is 0 Å². The molecule has 4 heteroatoms. The van der Waals surface area contributed by atoms with Crippen LogP contribution in [0.4, 0.5) is 5.69 Å². The first-order valence-corrected chi connectivity index (χ1v) is 5.27. The fourth-order valence-electron chi connectivity index (χ4n) is 1.70. The van der Waals surface area contributed by atoms with Gasteiger partial charge in [0.1, 0.15) is 5.69 Å². The molecule has 0 unspecified atom stereocenters. The molecule has 1 aromatic rings. The lowest BCUT2D eigenvalue weighted by Crippen LogP contribution is -2.28. The molecule has 2 heterocycles. The van der Waals surface area contributed by atoms with E-state index in [1.165, 1.54) is 5.57 Å². The predicted molar refractivity (Wildman–Crippen MR) is 61.8 cm³/mol. The van der Waals surface area contributed by atoms with Gasteiger partial charge in [0.25, 0.3) is 0 Å². The highest BCUT2D eigenvalue weighted by Gasteiger charge is 2.11. The van der Waals surface area contributed by atoms with Crippen molar-refractivity contribution < 1.29 is 9.90 Å². The number of hydrogen-bond acceptors (Lipinski definition) is 3. The number of rotatable bonds is 2. The van der Waals surface area contributed by atoms with Gasteiger partial charge in [-0.05, 0) is 25.5 Å². The van der Waals surface area contributed by atoms with Gasteiger partial charge in [-0.25, -0.2) is 9.78 Å². The van der Waals surface area contributed by atoms with Crippen LogP contribution in [0.25, 0.3) is 0 Å². The maximum absolute atomic E-state index is 10.6. The van der Waals surface area contributed by atoms with E-state index in [4.69, 9.17) is 5.11 Å². The maximum Gasteiger partial charge on any atom is 0.354 e. The molecular weight excluding hydrogens is 204 g/mol. The second kappa shape index (κ2) is 4.35. The second-order valence-corrected chi connectivity index (χ2v) is 3.95. The number of pyridine rings is 1. The summed E-state index contributed by atoms with van der Waals surface area (Å²) in [5.41, 5.74) is 2.48. The third-order valence-corrected chi connectivity index (χ3v) is 2.77. The van der Waals surface area contributed by atoms with Crippen molar-refractivity contribution in [1.29, 1.82) is 0 Å². The second-order valence-electron chi connectivity index (χ2n) is 3.95. The van der Waals surface area contributed by atoms with E-state index in [1.54, 1.807) is 12.3 Å². The van der Waals surface area contributed by atoms with Crippen LogP contribution in [0.1, 0.15) is 23.8 Å². The topological polar surface area (TPSA) is 53.4 Å². The SMILES string of the molecule is CC1=CCN(c2ccc(C(=O)O)nc2)CC1. The largest absolute Gasteiger partial charge is 0.477 e. The van der Waals surface area contributed by atoms with Crippen molar-refractivity contribution in [2.75, 3.05) is 18.0 Å². The van der Waals surface area contributed by atoms with Gasteiger partial charge < -0.3 is 10.0 Å². The summed E-state index contributed by atoms with van der Waals surface area (Å²) in [7, 11) is 0. The molecule has 16 heavy (non-hydrogen) atoms. The Morgan fingerprint density at radius 3 is 2.81 bits per heavy atom. The molecule has 1 aromatic heterocycles. The van der Waals surface area contributed by atoms with Crippen molar-refractivity contribution in [2.45, 2.75) is 13.3 Å². The average Bonchev–Trinajstić information content (AvgIpc) is 2.30. The molecule has 2 rings (SSSR count). The average molecular weight is 218 g/mol. The van der Waals surface area contributed by atoms with Gasteiger partial charge in [-0.1, -0.05) is 11.6 Å². The summed E-state index contributed by atoms with van der Waals surface area (Å²) >= 11 is 0. The van der Waals surface area contributed by atoms with Crippen LogP contribution in [0.5, 0.6) is 0 Å². The van der Waals surface area contributed by atoms with Crippen molar-refractivity contribution in [2.24, 2.45) is 0 Å². The molecule has 0 radical (unpaired) electrons. The van der Waals surface area contributed by atoms with Crippen LogP contribution in [-0.4, -0.2) is 29.1 Å². The van der Waals surface area contributed by atoms with Crippen LogP contribution in [0, 0.1) is 0 Å². The Balaban J connectivity index is 2.13. The summed E-state index contributed by atoms with van der Waals surface area (Å²) in [6.07, 6.45) is 4.87. The first-order valence-electron chi connectivity index (χ1n) is 5.27. The highest BCUT2D eigenvalue weighted by molar-refractivity contribution is 5.85. The highest BCUT2D eigenvalue weighted by atomic mass is 16.4. The maximum atomic E-state index is 10.6. The Morgan fingerprint density at radius 2 is 2.31 bits per heavy atom. The van der Waals surface area contributed by atoms with Crippen molar-refractivity contribution in [3.8, 4) is 0 Å². The molecule has 0 aromatic carbocycles. The molecule has 0 saturated heterocycles. The molecule has 0 saturated carbocycles. The first kappa shape index (κ1) is 10.7. The molecule has 0 spiro atoms. The lowest BCUT2D eigenvalue weighted by Gasteiger charge is -2.27. The van der Waals surface area contributed by atoms with Crippen molar-refractivity contribution >= 4 is 11.7 Å². The zero-order valence-corrected chi connectivity index (χ0v) is 9.18. The lowest BCUT2D eigenvalue weighted by atomic mass is 10.1. The van der Waals surface area contributed by atoms with E-state index in [1.807, 2.05) is 6.07 Å². The molecule has 0 fully saturated rings. The first-order chi connectivity index (χ1) is 7.66. The van der Waals surface area contributed by atoms with Gasteiger partial charge >= 0.3 is 5.97 Å². The quantitative estimate of drug-likeness (QED) is 0.771. The van der Waals surface area contributed by atoms with E-state index in [2.05, 4.69) is 22.9 Å². The minimum absolute atomic E-state index is 0.0903. The van der Waals surface area contributed by atoms with Crippen LogP contribution in [0.15, 0.2) is 30.0 Å². The van der Waals surface area contributed by atoms with E-state index in [-0.39, 0.29) is 5.69 Å². The van der Waals surface area contributed by atoms with Crippen molar-refractivity contribution in [3.05, 3.63) is 35.7 Å². The summed E-state index contributed by atoms with van der Waals surface area (Å²) < 4.78 is 0. The predicted octanol–water partition coefficient (Wildman–Crippen LogP) is 1.94. The highest BCUT2D eigenvalue weighted by Crippen LogP contribution is 2.18. The van der Waals surface area contributed by atoms with E-state index in [9.17, 15) is 4.79 Å². The number of carbonyl (C=O) groups is 1. The Hall–Kier alpha value is -1.84. The van der Waals surface area contributed by atoms with E-state index in [0.717, 1.165) is 25.2 Å². The number of aromatic carboxylic acids is 1. The number of carboxylic acid groups (broad SMARTS) is 1. The molecule has 1 aliphatic rings. The van der Waals surface area contributed by atoms with Gasteiger partial charge in [0.05, 0.1) is 11.9 Å². The van der Waals surface area contributed by atoms with E-state index in [0.29, 0.717) is 0 Å². The number of hydrogen-bond donors (Lipinski definition) is 1. The fourth-order valence-corrected chi connectivity index (χ4v) is 1.70. The molecule has 84 valence electrons. The Bertz CT molecular complexity index is 423. The summed E-state index contributed by atoms with van der Waals surface area (Å²) in [6, 6.07) is 3.35. The van der Waals surface area contributed by atoms with Crippen LogP contribution in [0.2, 0.25) is 0 Å². The zero-order valence-electron chi connectivity index (χ0n) is 9.18.